The number of amidine groups is 1. The molecule has 168 valence electrons. The van der Waals surface area contributed by atoms with Crippen LogP contribution < -0.4 is 0 Å². The van der Waals surface area contributed by atoms with E-state index in [9.17, 15) is 0 Å². The first kappa shape index (κ1) is 20.9. The first-order chi connectivity index (χ1) is 14.6. The summed E-state index contributed by atoms with van der Waals surface area (Å²) < 4.78 is 0. The van der Waals surface area contributed by atoms with E-state index in [0.29, 0.717) is 12.1 Å². The summed E-state index contributed by atoms with van der Waals surface area (Å²) in [6.07, 6.45) is 16.7. The van der Waals surface area contributed by atoms with Crippen LogP contribution in [0, 0.1) is 29.6 Å². The normalized spacial score (nSPS) is 43.9. The van der Waals surface area contributed by atoms with Crippen molar-refractivity contribution >= 4 is 5.84 Å². The number of rotatable bonds is 4. The maximum absolute atomic E-state index is 5.41. The van der Waals surface area contributed by atoms with Crippen molar-refractivity contribution in [3.8, 4) is 0 Å². The molecule has 0 saturated heterocycles. The number of hydrogen-bond acceptors (Lipinski definition) is 3. The van der Waals surface area contributed by atoms with Crippen LogP contribution in [0.3, 0.4) is 0 Å². The predicted octanol–water partition coefficient (Wildman–Crippen LogP) is 6.11. The van der Waals surface area contributed by atoms with Gasteiger partial charge in [-0.2, -0.15) is 0 Å². The third-order valence-corrected chi connectivity index (χ3v) is 9.68. The molecular formula is C27H45N3. The molecule has 0 N–H and O–H groups in total. The Labute approximate surface area is 185 Å². The van der Waals surface area contributed by atoms with Crippen LogP contribution in [-0.4, -0.2) is 46.9 Å². The summed E-state index contributed by atoms with van der Waals surface area (Å²) in [5, 5.41) is 0. The van der Waals surface area contributed by atoms with Gasteiger partial charge in [0, 0.05) is 30.7 Å². The number of hydrogen-bond donors (Lipinski definition) is 0. The number of fused-ring (bicyclic) bond motifs is 2. The van der Waals surface area contributed by atoms with Gasteiger partial charge in [-0.05, 0) is 95.8 Å². The van der Waals surface area contributed by atoms with E-state index < -0.39 is 0 Å². The Morgan fingerprint density at radius 1 is 0.867 bits per heavy atom. The molecule has 2 aliphatic heterocycles. The van der Waals surface area contributed by atoms with Gasteiger partial charge in [0.1, 0.15) is 5.84 Å². The summed E-state index contributed by atoms with van der Waals surface area (Å²) >= 11 is 0. The van der Waals surface area contributed by atoms with Crippen molar-refractivity contribution in [3.05, 3.63) is 11.8 Å². The van der Waals surface area contributed by atoms with E-state index in [4.69, 9.17) is 4.99 Å². The average molecular weight is 412 g/mol. The highest BCUT2D eigenvalue weighted by Gasteiger charge is 2.46. The topological polar surface area (TPSA) is 18.8 Å². The Bertz CT molecular complexity index is 682. The second-order valence-electron chi connectivity index (χ2n) is 11.3. The van der Waals surface area contributed by atoms with Crippen molar-refractivity contribution in [2.75, 3.05) is 13.1 Å². The molecule has 5 aliphatic rings. The molecule has 3 aliphatic carbocycles. The molecule has 0 bridgehead atoms. The van der Waals surface area contributed by atoms with Crippen LogP contribution in [-0.2, 0) is 0 Å². The Morgan fingerprint density at radius 3 is 2.33 bits per heavy atom. The van der Waals surface area contributed by atoms with Crippen molar-refractivity contribution < 1.29 is 0 Å². The summed E-state index contributed by atoms with van der Waals surface area (Å²) in [6, 6.07) is 2.12. The Morgan fingerprint density at radius 2 is 1.60 bits per heavy atom. The molecule has 5 rings (SSSR count). The van der Waals surface area contributed by atoms with E-state index >= 15 is 0 Å². The van der Waals surface area contributed by atoms with Gasteiger partial charge in [0.15, 0.2) is 0 Å². The predicted molar refractivity (Wildman–Crippen MR) is 127 cm³/mol. The molecule has 30 heavy (non-hydrogen) atoms. The molecule has 0 spiro atoms. The number of allylic oxidation sites excluding steroid dienone is 1. The first-order valence-electron chi connectivity index (χ1n) is 13.4. The summed E-state index contributed by atoms with van der Waals surface area (Å²) in [4.78, 5) is 10.9. The highest BCUT2D eigenvalue weighted by atomic mass is 15.3. The Hall–Kier alpha value is -0.990. The lowest BCUT2D eigenvalue weighted by Gasteiger charge is -2.44. The van der Waals surface area contributed by atoms with Gasteiger partial charge in [-0.3, -0.25) is 4.99 Å². The lowest BCUT2D eigenvalue weighted by molar-refractivity contribution is 0.0867. The summed E-state index contributed by atoms with van der Waals surface area (Å²) in [5.41, 5.74) is 1.55. The minimum absolute atomic E-state index is 0.604. The molecule has 3 nitrogen and oxygen atoms in total. The zero-order valence-electron chi connectivity index (χ0n) is 20.0. The zero-order chi connectivity index (χ0) is 20.8. The maximum atomic E-state index is 5.41. The van der Waals surface area contributed by atoms with E-state index in [-0.39, 0.29) is 0 Å². The largest absolute Gasteiger partial charge is 0.372 e. The molecule has 0 amide bonds. The van der Waals surface area contributed by atoms with E-state index in [1.54, 1.807) is 5.70 Å². The second-order valence-corrected chi connectivity index (χ2v) is 11.3. The van der Waals surface area contributed by atoms with E-state index in [2.05, 4.69) is 43.6 Å². The van der Waals surface area contributed by atoms with E-state index in [0.717, 1.165) is 35.6 Å². The Kier molecular flexibility index (Phi) is 5.92. The molecule has 8 atom stereocenters. The highest BCUT2D eigenvalue weighted by Crippen LogP contribution is 2.47. The first-order valence-corrected chi connectivity index (χ1v) is 13.4. The Balaban J connectivity index is 1.25. The molecule has 2 heterocycles. The number of nitrogens with zero attached hydrogens (tertiary/aromatic N) is 3. The summed E-state index contributed by atoms with van der Waals surface area (Å²) in [6.45, 7) is 11.9. The van der Waals surface area contributed by atoms with Crippen LogP contribution in [0.15, 0.2) is 16.8 Å². The van der Waals surface area contributed by atoms with Gasteiger partial charge in [0.05, 0.1) is 12.1 Å². The smallest absolute Gasteiger partial charge is 0.103 e. The monoisotopic (exact) mass is 411 g/mol. The quantitative estimate of drug-likeness (QED) is 0.556. The van der Waals surface area contributed by atoms with Gasteiger partial charge >= 0.3 is 0 Å². The highest BCUT2D eigenvalue weighted by molar-refractivity contribution is 5.87. The van der Waals surface area contributed by atoms with Crippen molar-refractivity contribution in [3.63, 3.8) is 0 Å². The molecule has 3 saturated carbocycles. The van der Waals surface area contributed by atoms with Gasteiger partial charge < -0.3 is 9.80 Å². The minimum atomic E-state index is 0.604. The van der Waals surface area contributed by atoms with Gasteiger partial charge in [-0.15, -0.1) is 0 Å². The average Bonchev–Trinajstić information content (AvgIpc) is 3.28. The van der Waals surface area contributed by atoms with Crippen molar-refractivity contribution in [1.82, 2.24) is 9.80 Å². The molecule has 3 fully saturated rings. The van der Waals surface area contributed by atoms with Gasteiger partial charge in [0.25, 0.3) is 0 Å². The third-order valence-electron chi connectivity index (χ3n) is 9.68. The fourth-order valence-corrected chi connectivity index (χ4v) is 8.23. The second kappa shape index (κ2) is 8.51. The van der Waals surface area contributed by atoms with E-state index in [1.807, 2.05) is 0 Å². The van der Waals surface area contributed by atoms with Gasteiger partial charge in [0.2, 0.25) is 0 Å². The van der Waals surface area contributed by atoms with Crippen LogP contribution >= 0.6 is 0 Å². The minimum Gasteiger partial charge on any atom is -0.372 e. The van der Waals surface area contributed by atoms with E-state index in [1.165, 1.54) is 83.1 Å². The lowest BCUT2D eigenvalue weighted by Crippen LogP contribution is -2.47. The summed E-state index contributed by atoms with van der Waals surface area (Å²) in [5.74, 6) is 5.87. The molecule has 0 aromatic carbocycles. The molecular weight excluding hydrogens is 366 g/mol. The fraction of sp³-hybridized carbons (Fsp3) is 0.889. The molecule has 0 aromatic heterocycles. The number of likely N-dealkylation sites (N-methyl/N-ethyl adjacent to an activating group) is 1. The SMILES string of the molecule is CCN1C(C)=CC2CCC(C3CCC4N=C(C5CCCC(C)C5)N(CC)C4C3)CC21. The molecule has 0 radical (unpaired) electrons. The standard InChI is InChI=1S/C27H45N3/c1-5-29-19(4)15-22-11-10-20(16-25(22)29)21-12-13-24-26(17-21)30(6-2)27(28-24)23-9-7-8-18(3)14-23/h15,18,20-26H,5-14,16-17H2,1-4H3. The van der Waals surface area contributed by atoms with Crippen molar-refractivity contribution in [1.29, 1.82) is 0 Å². The van der Waals surface area contributed by atoms with Crippen LogP contribution in [0.1, 0.15) is 91.9 Å². The van der Waals surface area contributed by atoms with Crippen LogP contribution in [0.2, 0.25) is 0 Å². The van der Waals surface area contributed by atoms with Gasteiger partial charge in [-0.1, -0.05) is 25.8 Å². The van der Waals surface area contributed by atoms with Crippen LogP contribution in [0.4, 0.5) is 0 Å². The fourth-order valence-electron chi connectivity index (χ4n) is 8.23. The molecule has 8 unspecified atom stereocenters. The van der Waals surface area contributed by atoms with Crippen molar-refractivity contribution in [2.24, 2.45) is 34.6 Å². The van der Waals surface area contributed by atoms with Gasteiger partial charge in [-0.25, -0.2) is 0 Å². The summed E-state index contributed by atoms with van der Waals surface area (Å²) in [7, 11) is 0. The molecule has 0 aromatic rings. The van der Waals surface area contributed by atoms with Crippen LogP contribution in [0.25, 0.3) is 0 Å². The zero-order valence-corrected chi connectivity index (χ0v) is 20.0. The number of aliphatic imine (C=N–C) groups is 1. The third kappa shape index (κ3) is 3.62. The van der Waals surface area contributed by atoms with Crippen molar-refractivity contribution in [2.45, 2.75) is 110 Å². The lowest BCUT2D eigenvalue weighted by atomic mass is 9.68. The maximum Gasteiger partial charge on any atom is 0.103 e. The molecule has 3 heteroatoms. The van der Waals surface area contributed by atoms with Crippen LogP contribution in [0.5, 0.6) is 0 Å².